The van der Waals surface area contributed by atoms with Gasteiger partial charge in [0.25, 0.3) is 0 Å². The Bertz CT molecular complexity index is 1970. The topological polar surface area (TPSA) is 44.8 Å². The SMILES string of the molecule is O=P(Oc1cccc(-c2ccccc2CBr)c1Cl)(Oc1cccc(-c2ccccc2CBr)c1Cl)Oc1cccc(-c2ccccc2CBr)c1Cl. The van der Waals surface area contributed by atoms with Crippen LogP contribution in [0, 0.1) is 0 Å². The minimum atomic E-state index is -4.64. The van der Waals surface area contributed by atoms with Gasteiger partial charge in [0.1, 0.15) is 0 Å². The zero-order valence-corrected chi connectivity index (χ0v) is 34.0. The fourth-order valence-electron chi connectivity index (χ4n) is 5.48. The molecule has 0 aliphatic carbocycles. The van der Waals surface area contributed by atoms with Crippen LogP contribution in [0.3, 0.4) is 0 Å². The van der Waals surface area contributed by atoms with Gasteiger partial charge in [-0.2, -0.15) is 4.57 Å². The van der Waals surface area contributed by atoms with E-state index < -0.39 is 7.82 Å². The van der Waals surface area contributed by atoms with Gasteiger partial charge in [-0.25, -0.2) is 0 Å². The Morgan fingerprint density at radius 2 is 0.660 bits per heavy atom. The van der Waals surface area contributed by atoms with Gasteiger partial charge in [0.15, 0.2) is 17.2 Å². The molecule has 0 atom stereocenters. The highest BCUT2D eigenvalue weighted by atomic mass is 79.9. The smallest absolute Gasteiger partial charge is 0.384 e. The first-order valence-electron chi connectivity index (χ1n) is 15.2. The number of phosphoric ester groups is 1. The highest BCUT2D eigenvalue weighted by Crippen LogP contribution is 2.55. The van der Waals surface area contributed by atoms with Crippen molar-refractivity contribution in [2.45, 2.75) is 16.0 Å². The molecule has 0 aromatic heterocycles. The number of rotatable bonds is 12. The molecule has 0 aliphatic rings. The Labute approximate surface area is 331 Å². The standard InChI is InChI=1S/C39H27Br3Cl3O4P/c40-22-25-10-1-4-13-28(25)31-16-7-19-34(37(31)43)47-50(46,48-35-20-8-17-32(38(35)44)29-14-5-2-11-26(29)23-41)49-36-21-9-18-33(39(36)45)30-15-6-3-12-27(30)24-42/h1-21H,22-24H2. The summed E-state index contributed by atoms with van der Waals surface area (Å²) >= 11 is 31.6. The van der Waals surface area contributed by atoms with Gasteiger partial charge in [-0.3, -0.25) is 0 Å². The summed E-state index contributed by atoms with van der Waals surface area (Å²) in [7, 11) is -4.64. The number of phosphoric acid groups is 1. The summed E-state index contributed by atoms with van der Waals surface area (Å²) in [6, 6.07) is 39.2. The van der Waals surface area contributed by atoms with Crippen molar-refractivity contribution in [1.29, 1.82) is 0 Å². The quantitative estimate of drug-likeness (QED) is 0.0906. The minimum Gasteiger partial charge on any atom is -0.384 e. The third-order valence-corrected chi connectivity index (χ3v) is 12.1. The molecule has 50 heavy (non-hydrogen) atoms. The van der Waals surface area contributed by atoms with E-state index in [4.69, 9.17) is 48.4 Å². The molecule has 0 unspecified atom stereocenters. The summed E-state index contributed by atoms with van der Waals surface area (Å²) in [5.41, 5.74) is 7.76. The molecule has 0 spiro atoms. The monoisotopic (exact) mass is 932 g/mol. The Morgan fingerprint density at radius 1 is 0.400 bits per heavy atom. The minimum absolute atomic E-state index is 0.0886. The Balaban J connectivity index is 1.46. The molecule has 4 nitrogen and oxygen atoms in total. The normalized spacial score (nSPS) is 11.3. The summed E-state index contributed by atoms with van der Waals surface area (Å²) < 4.78 is 33.6. The average molecular weight is 937 g/mol. The zero-order chi connectivity index (χ0) is 35.3. The molecule has 0 bridgehead atoms. The van der Waals surface area contributed by atoms with Gasteiger partial charge in [-0.15, -0.1) is 0 Å². The van der Waals surface area contributed by atoms with Gasteiger partial charge in [-0.05, 0) is 51.6 Å². The highest BCUT2D eigenvalue weighted by Gasteiger charge is 2.37. The van der Waals surface area contributed by atoms with Gasteiger partial charge in [0.05, 0.1) is 15.1 Å². The number of hydrogen-bond donors (Lipinski definition) is 0. The molecule has 0 saturated carbocycles. The van der Waals surface area contributed by atoms with Crippen molar-refractivity contribution in [2.24, 2.45) is 0 Å². The highest BCUT2D eigenvalue weighted by molar-refractivity contribution is 9.09. The van der Waals surface area contributed by atoms with Crippen molar-refractivity contribution in [3.8, 4) is 50.6 Å². The van der Waals surface area contributed by atoms with Crippen molar-refractivity contribution in [2.75, 3.05) is 0 Å². The fraction of sp³-hybridized carbons (Fsp3) is 0.0769. The first-order valence-corrected chi connectivity index (χ1v) is 21.2. The van der Waals surface area contributed by atoms with Crippen LogP contribution < -0.4 is 13.6 Å². The van der Waals surface area contributed by atoms with Crippen LogP contribution in [0.5, 0.6) is 17.2 Å². The Morgan fingerprint density at radius 3 is 0.940 bits per heavy atom. The van der Waals surface area contributed by atoms with Gasteiger partial charge in [-0.1, -0.05) is 192 Å². The zero-order valence-electron chi connectivity index (χ0n) is 26.1. The van der Waals surface area contributed by atoms with Crippen molar-refractivity contribution < 1.29 is 18.1 Å². The second-order valence-corrected chi connectivity index (χ2v) is 15.2. The number of benzene rings is 6. The van der Waals surface area contributed by atoms with E-state index in [1.807, 2.05) is 91.0 Å². The Hall–Kier alpha value is -2.74. The Kier molecular flexibility index (Phi) is 12.4. The van der Waals surface area contributed by atoms with Gasteiger partial charge >= 0.3 is 7.82 Å². The summed E-state index contributed by atoms with van der Waals surface area (Å²) in [6.45, 7) is 0. The lowest BCUT2D eigenvalue weighted by atomic mass is 10.0. The van der Waals surface area contributed by atoms with Crippen LogP contribution in [0.15, 0.2) is 127 Å². The van der Waals surface area contributed by atoms with Crippen LogP contribution in [0.1, 0.15) is 16.7 Å². The van der Waals surface area contributed by atoms with E-state index in [1.165, 1.54) is 0 Å². The largest absolute Gasteiger partial charge is 0.647 e. The molecule has 6 rings (SSSR count). The predicted molar refractivity (Wildman–Crippen MR) is 218 cm³/mol. The lowest BCUT2D eigenvalue weighted by Gasteiger charge is -2.23. The predicted octanol–water partition coefficient (Wildman–Crippen LogP) is 15.0. The maximum Gasteiger partial charge on any atom is 0.647 e. The van der Waals surface area contributed by atoms with Crippen molar-refractivity contribution >= 4 is 90.4 Å². The van der Waals surface area contributed by atoms with Crippen LogP contribution in [0.2, 0.25) is 15.1 Å². The van der Waals surface area contributed by atoms with Crippen LogP contribution in [-0.2, 0) is 20.6 Å². The fourth-order valence-corrected chi connectivity index (χ4v) is 9.20. The van der Waals surface area contributed by atoms with Crippen LogP contribution in [0.4, 0.5) is 0 Å². The van der Waals surface area contributed by atoms with E-state index in [-0.39, 0.29) is 32.3 Å². The first-order chi connectivity index (χ1) is 24.3. The van der Waals surface area contributed by atoms with E-state index in [0.717, 1.165) is 33.4 Å². The third kappa shape index (κ3) is 8.00. The molecule has 6 aromatic rings. The second kappa shape index (κ2) is 16.7. The van der Waals surface area contributed by atoms with E-state index >= 15 is 4.57 Å². The maximum absolute atomic E-state index is 15.0. The van der Waals surface area contributed by atoms with Crippen molar-refractivity contribution in [3.05, 3.63) is 159 Å². The van der Waals surface area contributed by atoms with Crippen molar-refractivity contribution in [3.63, 3.8) is 0 Å². The second-order valence-electron chi connectivity index (χ2n) is 10.9. The van der Waals surface area contributed by atoms with E-state index in [9.17, 15) is 0 Å². The van der Waals surface area contributed by atoms with Crippen molar-refractivity contribution in [1.82, 2.24) is 0 Å². The number of halogens is 6. The van der Waals surface area contributed by atoms with Crippen LogP contribution in [-0.4, -0.2) is 0 Å². The first kappa shape index (κ1) is 37.0. The molecule has 254 valence electrons. The third-order valence-electron chi connectivity index (χ3n) is 7.87. The van der Waals surface area contributed by atoms with Gasteiger partial charge in [0, 0.05) is 32.7 Å². The molecule has 0 amide bonds. The average Bonchev–Trinajstić information content (AvgIpc) is 3.14. The molecule has 0 saturated heterocycles. The van der Waals surface area contributed by atoms with Crippen LogP contribution in [0.25, 0.3) is 33.4 Å². The maximum atomic E-state index is 15.0. The van der Waals surface area contributed by atoms with Gasteiger partial charge in [0.2, 0.25) is 0 Å². The molecule has 11 heteroatoms. The molecule has 0 aliphatic heterocycles. The molecule has 0 fully saturated rings. The van der Waals surface area contributed by atoms with E-state index in [2.05, 4.69) is 47.8 Å². The molecule has 0 N–H and O–H groups in total. The van der Waals surface area contributed by atoms with E-state index in [0.29, 0.717) is 32.7 Å². The summed E-state index contributed by atoms with van der Waals surface area (Å²) in [4.78, 5) is 0. The number of alkyl halides is 3. The lowest BCUT2D eigenvalue weighted by molar-refractivity contribution is 0.298. The lowest BCUT2D eigenvalue weighted by Crippen LogP contribution is -2.09. The molecule has 6 aromatic carbocycles. The molecule has 0 radical (unpaired) electrons. The number of hydrogen-bond acceptors (Lipinski definition) is 4. The van der Waals surface area contributed by atoms with E-state index in [1.54, 1.807) is 36.4 Å². The van der Waals surface area contributed by atoms with Gasteiger partial charge < -0.3 is 13.6 Å². The summed E-state index contributed by atoms with van der Waals surface area (Å²) in [5.74, 6) is 0.266. The molecular formula is C39H27Br3Cl3O4P. The molecule has 0 heterocycles. The summed E-state index contributed by atoms with van der Waals surface area (Å²) in [5, 5.41) is 2.50. The summed E-state index contributed by atoms with van der Waals surface area (Å²) in [6.07, 6.45) is 0. The molecular weight excluding hydrogens is 909 g/mol. The van der Waals surface area contributed by atoms with Crippen LogP contribution >= 0.6 is 90.4 Å².